The average molecular weight is 327 g/mol. The fourth-order valence-corrected chi connectivity index (χ4v) is 3.04. The molecule has 0 fully saturated rings. The van der Waals surface area contributed by atoms with Gasteiger partial charge < -0.3 is 10.3 Å². The van der Waals surface area contributed by atoms with Crippen LogP contribution in [0.2, 0.25) is 5.02 Å². The molecule has 0 bridgehead atoms. The molecule has 0 spiro atoms. The average Bonchev–Trinajstić information content (AvgIpc) is 2.83. The number of benzene rings is 2. The third-order valence-electron chi connectivity index (χ3n) is 3.99. The van der Waals surface area contributed by atoms with Crippen LogP contribution in [0.25, 0.3) is 10.9 Å². The lowest BCUT2D eigenvalue weighted by atomic mass is 10.1. The molecule has 3 rings (SSSR count). The quantitative estimate of drug-likeness (QED) is 0.730. The molecule has 2 aromatic carbocycles. The lowest BCUT2D eigenvalue weighted by Gasteiger charge is -2.06. The Balaban J connectivity index is 1.60. The maximum Gasteiger partial charge on any atom is 0.224 e. The van der Waals surface area contributed by atoms with Gasteiger partial charge in [-0.3, -0.25) is 4.79 Å². The molecular formula is C19H19ClN2O. The van der Waals surface area contributed by atoms with E-state index < -0.39 is 0 Å². The van der Waals surface area contributed by atoms with Crippen LogP contribution in [0.4, 0.5) is 0 Å². The van der Waals surface area contributed by atoms with Gasteiger partial charge in [-0.25, -0.2) is 0 Å². The van der Waals surface area contributed by atoms with Crippen LogP contribution >= 0.6 is 11.6 Å². The van der Waals surface area contributed by atoms with Crippen LogP contribution in [0.15, 0.2) is 48.5 Å². The van der Waals surface area contributed by atoms with Gasteiger partial charge in [0.1, 0.15) is 0 Å². The maximum atomic E-state index is 12.2. The number of hydrogen-bond donors (Lipinski definition) is 2. The lowest BCUT2D eigenvalue weighted by molar-refractivity contribution is -0.120. The number of aromatic amines is 1. The van der Waals surface area contributed by atoms with Crippen LogP contribution in [-0.2, 0) is 17.6 Å². The summed E-state index contributed by atoms with van der Waals surface area (Å²) >= 11 is 5.96. The predicted octanol–water partition coefficient (Wildman–Crippen LogP) is 4.03. The van der Waals surface area contributed by atoms with Crippen molar-refractivity contribution in [1.29, 1.82) is 0 Å². The molecule has 0 radical (unpaired) electrons. The molecule has 0 aliphatic rings. The molecule has 0 saturated carbocycles. The number of H-pyrrole nitrogens is 1. The highest BCUT2D eigenvalue weighted by atomic mass is 35.5. The van der Waals surface area contributed by atoms with E-state index in [4.69, 9.17) is 11.6 Å². The van der Waals surface area contributed by atoms with Crippen molar-refractivity contribution in [3.63, 3.8) is 0 Å². The van der Waals surface area contributed by atoms with Crippen LogP contribution in [0, 0.1) is 6.92 Å². The first-order chi connectivity index (χ1) is 11.1. The molecule has 4 heteroatoms. The Bertz CT molecular complexity index is 838. The molecule has 0 atom stereocenters. The van der Waals surface area contributed by atoms with Crippen LogP contribution in [0.1, 0.15) is 16.8 Å². The Morgan fingerprint density at radius 2 is 2.00 bits per heavy atom. The second-order valence-corrected chi connectivity index (χ2v) is 6.12. The van der Waals surface area contributed by atoms with Crippen molar-refractivity contribution in [2.75, 3.05) is 6.54 Å². The number of hydrogen-bond acceptors (Lipinski definition) is 1. The molecular weight excluding hydrogens is 308 g/mol. The van der Waals surface area contributed by atoms with Crippen LogP contribution in [0.5, 0.6) is 0 Å². The third-order valence-corrected chi connectivity index (χ3v) is 4.22. The predicted molar refractivity (Wildman–Crippen MR) is 94.9 cm³/mol. The minimum atomic E-state index is 0.0416. The van der Waals surface area contributed by atoms with Gasteiger partial charge in [0.25, 0.3) is 0 Å². The molecule has 0 aliphatic carbocycles. The molecule has 0 unspecified atom stereocenters. The van der Waals surface area contributed by atoms with E-state index in [2.05, 4.69) is 10.3 Å². The van der Waals surface area contributed by atoms with Crippen LogP contribution in [0.3, 0.4) is 0 Å². The van der Waals surface area contributed by atoms with Gasteiger partial charge >= 0.3 is 0 Å². The zero-order valence-electron chi connectivity index (χ0n) is 13.0. The molecule has 1 amide bonds. The first-order valence-corrected chi connectivity index (χ1v) is 8.08. The van der Waals surface area contributed by atoms with Crippen LogP contribution in [-0.4, -0.2) is 17.4 Å². The van der Waals surface area contributed by atoms with Crippen molar-refractivity contribution in [2.24, 2.45) is 0 Å². The zero-order valence-corrected chi connectivity index (χ0v) is 13.8. The third kappa shape index (κ3) is 3.74. The molecule has 0 saturated heterocycles. The molecule has 118 valence electrons. The number of halogens is 1. The fourth-order valence-electron chi connectivity index (χ4n) is 2.82. The van der Waals surface area contributed by atoms with Gasteiger partial charge in [0, 0.05) is 28.2 Å². The van der Waals surface area contributed by atoms with Crippen molar-refractivity contribution in [3.05, 3.63) is 70.4 Å². The van der Waals surface area contributed by atoms with Gasteiger partial charge in [0.15, 0.2) is 0 Å². The summed E-state index contributed by atoms with van der Waals surface area (Å²) in [6.45, 7) is 2.62. The Morgan fingerprint density at radius 3 is 2.83 bits per heavy atom. The van der Waals surface area contributed by atoms with Crippen molar-refractivity contribution >= 4 is 28.4 Å². The van der Waals surface area contributed by atoms with Crippen molar-refractivity contribution in [3.8, 4) is 0 Å². The largest absolute Gasteiger partial charge is 0.358 e. The molecule has 1 aromatic heterocycles. The second kappa shape index (κ2) is 6.88. The zero-order chi connectivity index (χ0) is 16.2. The lowest BCUT2D eigenvalue weighted by Crippen LogP contribution is -2.27. The van der Waals surface area contributed by atoms with E-state index in [0.29, 0.717) is 13.0 Å². The molecule has 2 N–H and O–H groups in total. The maximum absolute atomic E-state index is 12.2. The van der Waals surface area contributed by atoms with Crippen molar-refractivity contribution < 1.29 is 4.79 Å². The molecule has 0 aliphatic heterocycles. The van der Waals surface area contributed by atoms with Gasteiger partial charge in [-0.05, 0) is 42.7 Å². The summed E-state index contributed by atoms with van der Waals surface area (Å²) in [5.41, 5.74) is 4.32. The second-order valence-electron chi connectivity index (χ2n) is 5.68. The summed E-state index contributed by atoms with van der Waals surface area (Å²) in [7, 11) is 0. The highest BCUT2D eigenvalue weighted by Gasteiger charge is 2.11. The van der Waals surface area contributed by atoms with Crippen molar-refractivity contribution in [1.82, 2.24) is 10.3 Å². The normalized spacial score (nSPS) is 10.9. The number of aromatic nitrogens is 1. The Labute approximate surface area is 140 Å². The van der Waals surface area contributed by atoms with E-state index in [9.17, 15) is 4.79 Å². The summed E-state index contributed by atoms with van der Waals surface area (Å²) in [6.07, 6.45) is 1.17. The summed E-state index contributed by atoms with van der Waals surface area (Å²) < 4.78 is 0. The number of amides is 1. The van der Waals surface area contributed by atoms with E-state index in [1.165, 1.54) is 0 Å². The van der Waals surface area contributed by atoms with Crippen LogP contribution < -0.4 is 5.32 Å². The first-order valence-electron chi connectivity index (χ1n) is 7.71. The molecule has 23 heavy (non-hydrogen) atoms. The van der Waals surface area contributed by atoms with Gasteiger partial charge in [-0.2, -0.15) is 0 Å². The van der Waals surface area contributed by atoms with E-state index in [0.717, 1.165) is 39.2 Å². The SMILES string of the molecule is Cc1[nH]c2ccccc2c1CC(=O)NCCc1cccc(Cl)c1. The van der Waals surface area contributed by atoms with E-state index in [1.807, 2.05) is 55.5 Å². The number of rotatable bonds is 5. The summed E-state index contributed by atoms with van der Waals surface area (Å²) in [5.74, 6) is 0.0416. The van der Waals surface area contributed by atoms with E-state index in [-0.39, 0.29) is 5.91 Å². The molecule has 3 aromatic rings. The Hall–Kier alpha value is -2.26. The monoisotopic (exact) mass is 326 g/mol. The smallest absolute Gasteiger partial charge is 0.224 e. The summed E-state index contributed by atoms with van der Waals surface area (Å²) in [6, 6.07) is 15.8. The number of carbonyl (C=O) groups is 1. The van der Waals surface area contributed by atoms with Gasteiger partial charge in [-0.1, -0.05) is 41.9 Å². The number of para-hydroxylation sites is 1. The highest BCUT2D eigenvalue weighted by molar-refractivity contribution is 6.30. The number of aryl methyl sites for hydroxylation is 1. The fraction of sp³-hybridized carbons (Fsp3) is 0.211. The van der Waals surface area contributed by atoms with Gasteiger partial charge in [0.05, 0.1) is 6.42 Å². The van der Waals surface area contributed by atoms with E-state index >= 15 is 0 Å². The summed E-state index contributed by atoms with van der Waals surface area (Å²) in [4.78, 5) is 15.5. The molecule has 1 heterocycles. The van der Waals surface area contributed by atoms with Gasteiger partial charge in [-0.15, -0.1) is 0 Å². The molecule has 3 nitrogen and oxygen atoms in total. The number of fused-ring (bicyclic) bond motifs is 1. The standard InChI is InChI=1S/C19H19ClN2O/c1-13-17(16-7-2-3-8-18(16)22-13)12-19(23)21-10-9-14-5-4-6-15(20)11-14/h2-8,11,22H,9-10,12H2,1H3,(H,21,23). The van der Waals surface area contributed by atoms with Gasteiger partial charge in [0.2, 0.25) is 5.91 Å². The Kier molecular flexibility index (Phi) is 4.68. The van der Waals surface area contributed by atoms with Crippen molar-refractivity contribution in [2.45, 2.75) is 19.8 Å². The summed E-state index contributed by atoms with van der Waals surface area (Å²) in [5, 5.41) is 4.83. The Morgan fingerprint density at radius 1 is 1.17 bits per heavy atom. The number of carbonyl (C=O) groups excluding carboxylic acids is 1. The topological polar surface area (TPSA) is 44.9 Å². The minimum Gasteiger partial charge on any atom is -0.358 e. The number of nitrogens with one attached hydrogen (secondary N) is 2. The van der Waals surface area contributed by atoms with E-state index in [1.54, 1.807) is 0 Å². The first kappa shape index (κ1) is 15.6. The minimum absolute atomic E-state index is 0.0416. The highest BCUT2D eigenvalue weighted by Crippen LogP contribution is 2.22.